The highest BCUT2D eigenvalue weighted by Crippen LogP contribution is 2.21. The molecular formula is C19H21N5. The standard InChI is InChI=1S/C19H21N5/c1-13(2)19-20-11-17-10-15(12-24(17)22-19)9-14(3)18-7-6-16-5-4-8-23(16)21-18/h4-8,10-14H,9H2,1-3H3. The van der Waals surface area contributed by atoms with Crippen molar-refractivity contribution in [1.29, 1.82) is 0 Å². The Bertz CT molecular complexity index is 995. The number of fused-ring (bicyclic) bond motifs is 2. The molecule has 0 amide bonds. The summed E-state index contributed by atoms with van der Waals surface area (Å²) in [6, 6.07) is 10.5. The van der Waals surface area contributed by atoms with Gasteiger partial charge in [0.05, 0.1) is 22.9 Å². The van der Waals surface area contributed by atoms with Gasteiger partial charge in [0, 0.05) is 24.2 Å². The smallest absolute Gasteiger partial charge is 0.151 e. The van der Waals surface area contributed by atoms with Crippen LogP contribution in [0.15, 0.2) is 48.9 Å². The van der Waals surface area contributed by atoms with Crippen LogP contribution in [0.2, 0.25) is 0 Å². The number of hydrogen-bond acceptors (Lipinski definition) is 3. The number of aromatic nitrogens is 5. The summed E-state index contributed by atoms with van der Waals surface area (Å²) in [7, 11) is 0. The Labute approximate surface area is 141 Å². The van der Waals surface area contributed by atoms with Crippen molar-refractivity contribution in [1.82, 2.24) is 24.2 Å². The van der Waals surface area contributed by atoms with Crippen LogP contribution in [0.25, 0.3) is 11.0 Å². The fraction of sp³-hybridized carbons (Fsp3) is 0.316. The second-order valence-electron chi connectivity index (χ2n) is 6.73. The largest absolute Gasteiger partial charge is 0.241 e. The molecule has 0 aliphatic carbocycles. The molecule has 24 heavy (non-hydrogen) atoms. The third-order valence-corrected chi connectivity index (χ3v) is 4.40. The summed E-state index contributed by atoms with van der Waals surface area (Å²) < 4.78 is 3.87. The summed E-state index contributed by atoms with van der Waals surface area (Å²) in [6.07, 6.45) is 6.93. The Balaban J connectivity index is 1.60. The fourth-order valence-electron chi connectivity index (χ4n) is 3.01. The molecule has 0 saturated carbocycles. The van der Waals surface area contributed by atoms with E-state index in [1.54, 1.807) is 0 Å². The van der Waals surface area contributed by atoms with Crippen LogP contribution in [0.3, 0.4) is 0 Å². The molecule has 0 aliphatic rings. The van der Waals surface area contributed by atoms with Gasteiger partial charge in [-0.3, -0.25) is 0 Å². The minimum Gasteiger partial charge on any atom is -0.241 e. The molecule has 4 rings (SSSR count). The van der Waals surface area contributed by atoms with Crippen molar-refractivity contribution in [3.63, 3.8) is 0 Å². The molecule has 1 unspecified atom stereocenters. The number of hydrogen-bond donors (Lipinski definition) is 0. The van der Waals surface area contributed by atoms with Gasteiger partial charge in [-0.15, -0.1) is 0 Å². The highest BCUT2D eigenvalue weighted by Gasteiger charge is 2.12. The zero-order valence-corrected chi connectivity index (χ0v) is 14.2. The van der Waals surface area contributed by atoms with Crippen molar-refractivity contribution in [2.24, 2.45) is 0 Å². The SMILES string of the molecule is CC(C)c1ncc2cc(CC(C)c3ccc4cccn4n3)cn2n1. The highest BCUT2D eigenvalue weighted by atomic mass is 15.2. The first kappa shape index (κ1) is 14.9. The molecule has 0 saturated heterocycles. The molecule has 4 heterocycles. The molecule has 122 valence electrons. The molecule has 0 aromatic carbocycles. The normalized spacial score (nSPS) is 13.2. The summed E-state index contributed by atoms with van der Waals surface area (Å²) in [5, 5.41) is 9.30. The van der Waals surface area contributed by atoms with E-state index in [1.165, 1.54) is 5.56 Å². The molecule has 5 heteroatoms. The lowest BCUT2D eigenvalue weighted by molar-refractivity contribution is 0.695. The zero-order valence-electron chi connectivity index (χ0n) is 14.2. The molecule has 4 aromatic rings. The van der Waals surface area contributed by atoms with Crippen LogP contribution < -0.4 is 0 Å². The first-order chi connectivity index (χ1) is 11.6. The average molecular weight is 319 g/mol. The average Bonchev–Trinajstić information content (AvgIpc) is 3.18. The zero-order chi connectivity index (χ0) is 16.7. The lowest BCUT2D eigenvalue weighted by Crippen LogP contribution is -2.04. The summed E-state index contributed by atoms with van der Waals surface area (Å²) in [5.41, 5.74) is 4.52. The fourth-order valence-corrected chi connectivity index (χ4v) is 3.01. The molecule has 0 N–H and O–H groups in total. The van der Waals surface area contributed by atoms with Crippen LogP contribution in [0.4, 0.5) is 0 Å². The van der Waals surface area contributed by atoms with Gasteiger partial charge in [0.25, 0.3) is 0 Å². The summed E-state index contributed by atoms with van der Waals surface area (Å²) in [4.78, 5) is 4.44. The van der Waals surface area contributed by atoms with E-state index in [9.17, 15) is 0 Å². The van der Waals surface area contributed by atoms with Gasteiger partial charge in [-0.05, 0) is 42.3 Å². The molecule has 4 aromatic heterocycles. The van der Waals surface area contributed by atoms with Gasteiger partial charge in [-0.1, -0.05) is 20.8 Å². The van der Waals surface area contributed by atoms with Crippen molar-refractivity contribution in [3.05, 3.63) is 66.0 Å². The Kier molecular flexibility index (Phi) is 3.56. The third-order valence-electron chi connectivity index (χ3n) is 4.40. The highest BCUT2D eigenvalue weighted by molar-refractivity contribution is 5.48. The van der Waals surface area contributed by atoms with Gasteiger partial charge in [0.1, 0.15) is 0 Å². The number of rotatable bonds is 4. The van der Waals surface area contributed by atoms with Gasteiger partial charge in [-0.2, -0.15) is 10.2 Å². The lowest BCUT2D eigenvalue weighted by Gasteiger charge is -2.10. The molecule has 0 bridgehead atoms. The second-order valence-corrected chi connectivity index (χ2v) is 6.73. The predicted octanol–water partition coefficient (Wildman–Crippen LogP) is 3.85. The summed E-state index contributed by atoms with van der Waals surface area (Å²) >= 11 is 0. The van der Waals surface area contributed by atoms with E-state index in [4.69, 9.17) is 5.10 Å². The summed E-state index contributed by atoms with van der Waals surface area (Å²) in [6.45, 7) is 6.43. The van der Waals surface area contributed by atoms with Gasteiger partial charge in [-0.25, -0.2) is 14.0 Å². The van der Waals surface area contributed by atoms with Gasteiger partial charge in [0.15, 0.2) is 5.82 Å². The van der Waals surface area contributed by atoms with E-state index < -0.39 is 0 Å². The molecule has 5 nitrogen and oxygen atoms in total. The minimum atomic E-state index is 0.330. The van der Waals surface area contributed by atoms with Crippen LogP contribution >= 0.6 is 0 Å². The van der Waals surface area contributed by atoms with E-state index in [2.05, 4.69) is 61.3 Å². The van der Waals surface area contributed by atoms with Crippen LogP contribution in [-0.2, 0) is 6.42 Å². The van der Waals surface area contributed by atoms with Crippen molar-refractivity contribution in [2.75, 3.05) is 0 Å². The summed E-state index contributed by atoms with van der Waals surface area (Å²) in [5.74, 6) is 1.54. The predicted molar refractivity (Wildman–Crippen MR) is 94.4 cm³/mol. The van der Waals surface area contributed by atoms with Crippen LogP contribution in [-0.4, -0.2) is 24.2 Å². The molecule has 0 radical (unpaired) electrons. The Morgan fingerprint density at radius 2 is 1.88 bits per heavy atom. The van der Waals surface area contributed by atoms with Crippen molar-refractivity contribution in [2.45, 2.75) is 39.0 Å². The van der Waals surface area contributed by atoms with Crippen LogP contribution in [0.1, 0.15) is 49.7 Å². The lowest BCUT2D eigenvalue weighted by atomic mass is 9.99. The Morgan fingerprint density at radius 3 is 2.71 bits per heavy atom. The molecule has 0 fully saturated rings. The maximum absolute atomic E-state index is 4.70. The van der Waals surface area contributed by atoms with E-state index in [-0.39, 0.29) is 0 Å². The second kappa shape index (κ2) is 5.74. The van der Waals surface area contributed by atoms with Gasteiger partial charge in [0.2, 0.25) is 0 Å². The maximum atomic E-state index is 4.70. The van der Waals surface area contributed by atoms with E-state index in [0.717, 1.165) is 29.0 Å². The van der Waals surface area contributed by atoms with E-state index in [0.29, 0.717) is 11.8 Å². The first-order valence-corrected chi connectivity index (χ1v) is 8.38. The van der Waals surface area contributed by atoms with Crippen LogP contribution in [0.5, 0.6) is 0 Å². The molecule has 0 aliphatic heterocycles. The first-order valence-electron chi connectivity index (χ1n) is 8.38. The quantitative estimate of drug-likeness (QED) is 0.574. The molecule has 0 spiro atoms. The molecular weight excluding hydrogens is 298 g/mol. The maximum Gasteiger partial charge on any atom is 0.151 e. The van der Waals surface area contributed by atoms with E-state index in [1.807, 2.05) is 27.5 Å². The van der Waals surface area contributed by atoms with Gasteiger partial charge < -0.3 is 0 Å². The Hall–Kier alpha value is -2.69. The van der Waals surface area contributed by atoms with Crippen LogP contribution in [0, 0.1) is 0 Å². The van der Waals surface area contributed by atoms with Gasteiger partial charge >= 0.3 is 0 Å². The van der Waals surface area contributed by atoms with E-state index >= 15 is 0 Å². The number of nitrogens with zero attached hydrogens (tertiary/aromatic N) is 5. The minimum absolute atomic E-state index is 0.330. The van der Waals surface area contributed by atoms with Crippen molar-refractivity contribution < 1.29 is 0 Å². The Morgan fingerprint density at radius 1 is 1.00 bits per heavy atom. The third kappa shape index (κ3) is 2.66. The molecule has 1 atom stereocenters. The van der Waals surface area contributed by atoms with Crippen molar-refractivity contribution in [3.8, 4) is 0 Å². The monoisotopic (exact) mass is 319 g/mol. The topological polar surface area (TPSA) is 47.5 Å². The van der Waals surface area contributed by atoms with Crippen molar-refractivity contribution >= 4 is 11.0 Å².